The summed E-state index contributed by atoms with van der Waals surface area (Å²) in [5.41, 5.74) is 2.76. The molecule has 1 unspecified atom stereocenters. The summed E-state index contributed by atoms with van der Waals surface area (Å²) < 4.78 is 12.5. The Bertz CT molecular complexity index is 1300. The number of nitrogens with one attached hydrogen (secondary N) is 1. The number of ether oxygens (including phenoxy) is 1. The maximum atomic E-state index is 12.9. The number of aliphatic hydroxyl groups excluding tert-OH is 1. The largest absolute Gasteiger partial charge is 0.445 e. The van der Waals surface area contributed by atoms with Crippen molar-refractivity contribution < 1.29 is 19.1 Å². The van der Waals surface area contributed by atoms with E-state index in [0.29, 0.717) is 0 Å². The van der Waals surface area contributed by atoms with Gasteiger partial charge in [-0.05, 0) is 33.5 Å². The zero-order valence-electron chi connectivity index (χ0n) is 23.7. The Balaban J connectivity index is 1.61. The number of alkyl carbamates (subject to hydrolysis) is 1. The average Bonchev–Trinajstić information content (AvgIpc) is 2.96. The summed E-state index contributed by atoms with van der Waals surface area (Å²) in [6.45, 7) is 8.77. The molecule has 0 radical (unpaired) electrons. The number of aryl methyl sites for hydroxylation is 1. The minimum Gasteiger partial charge on any atom is -0.445 e. The number of rotatable bonds is 10. The van der Waals surface area contributed by atoms with E-state index in [4.69, 9.17) is 9.16 Å². The summed E-state index contributed by atoms with van der Waals surface area (Å²) in [7, 11) is -2.87. The van der Waals surface area contributed by atoms with Crippen molar-refractivity contribution in [2.45, 2.75) is 51.5 Å². The van der Waals surface area contributed by atoms with Crippen molar-refractivity contribution in [3.63, 3.8) is 0 Å². The molecule has 0 aliphatic rings. The highest BCUT2D eigenvalue weighted by Gasteiger charge is 2.50. The molecule has 0 aliphatic heterocycles. The number of benzene rings is 4. The molecule has 6 heteroatoms. The maximum absolute atomic E-state index is 12.9. The van der Waals surface area contributed by atoms with Crippen LogP contribution in [0.4, 0.5) is 4.79 Å². The van der Waals surface area contributed by atoms with Gasteiger partial charge < -0.3 is 19.6 Å². The summed E-state index contributed by atoms with van der Waals surface area (Å²) in [4.78, 5) is 12.9. The molecule has 40 heavy (non-hydrogen) atoms. The summed E-state index contributed by atoms with van der Waals surface area (Å²) in [6, 6.07) is 37.2. The molecule has 0 saturated carbocycles. The van der Waals surface area contributed by atoms with Crippen LogP contribution in [0.25, 0.3) is 0 Å². The van der Waals surface area contributed by atoms with Crippen LogP contribution in [0.5, 0.6) is 0 Å². The van der Waals surface area contributed by atoms with Gasteiger partial charge in [0.1, 0.15) is 12.7 Å². The van der Waals surface area contributed by atoms with E-state index in [9.17, 15) is 9.90 Å². The third-order valence-electron chi connectivity index (χ3n) is 7.19. The highest BCUT2D eigenvalue weighted by Crippen LogP contribution is 2.37. The van der Waals surface area contributed by atoms with Gasteiger partial charge in [-0.3, -0.25) is 0 Å². The summed E-state index contributed by atoms with van der Waals surface area (Å²) in [5.74, 6) is 0. The number of hydrogen-bond acceptors (Lipinski definition) is 4. The van der Waals surface area contributed by atoms with Crippen LogP contribution < -0.4 is 15.7 Å². The summed E-state index contributed by atoms with van der Waals surface area (Å²) in [5, 5.41) is 16.5. The van der Waals surface area contributed by atoms with Crippen LogP contribution in [0.3, 0.4) is 0 Å². The quantitative estimate of drug-likeness (QED) is 0.240. The lowest BCUT2D eigenvalue weighted by atomic mass is 10.0. The first-order valence-electron chi connectivity index (χ1n) is 13.7. The normalized spacial score (nSPS) is 13.3. The molecule has 0 aliphatic carbocycles. The van der Waals surface area contributed by atoms with Crippen molar-refractivity contribution in [2.75, 3.05) is 6.61 Å². The minimum absolute atomic E-state index is 0.0325. The van der Waals surface area contributed by atoms with Crippen molar-refractivity contribution in [1.82, 2.24) is 5.32 Å². The van der Waals surface area contributed by atoms with Crippen molar-refractivity contribution in [3.8, 4) is 0 Å². The van der Waals surface area contributed by atoms with Crippen LogP contribution >= 0.6 is 0 Å². The van der Waals surface area contributed by atoms with Gasteiger partial charge in [0.15, 0.2) is 0 Å². The predicted molar refractivity (Wildman–Crippen MR) is 163 cm³/mol. The van der Waals surface area contributed by atoms with E-state index in [1.54, 1.807) is 0 Å². The van der Waals surface area contributed by atoms with Crippen LogP contribution in [0.1, 0.15) is 43.5 Å². The molecule has 0 aromatic heterocycles. The number of carbonyl (C=O) groups excluding carboxylic acids is 1. The van der Waals surface area contributed by atoms with E-state index in [0.717, 1.165) is 27.1 Å². The highest BCUT2D eigenvalue weighted by atomic mass is 28.4. The van der Waals surface area contributed by atoms with Gasteiger partial charge in [0.25, 0.3) is 8.32 Å². The number of hydrogen-bond donors (Lipinski definition) is 2. The second kappa shape index (κ2) is 13.1. The first-order valence-corrected chi connectivity index (χ1v) is 15.6. The number of amides is 1. The Morgan fingerprint density at radius 3 is 1.80 bits per heavy atom. The van der Waals surface area contributed by atoms with Gasteiger partial charge in [-0.25, -0.2) is 4.79 Å². The van der Waals surface area contributed by atoms with Crippen LogP contribution in [-0.4, -0.2) is 32.2 Å². The van der Waals surface area contributed by atoms with E-state index in [-0.39, 0.29) is 18.3 Å². The lowest BCUT2D eigenvalue weighted by molar-refractivity contribution is 0.0623. The van der Waals surface area contributed by atoms with Crippen molar-refractivity contribution in [1.29, 1.82) is 0 Å². The van der Waals surface area contributed by atoms with Gasteiger partial charge in [-0.1, -0.05) is 142 Å². The van der Waals surface area contributed by atoms with Crippen LogP contribution in [-0.2, 0) is 15.8 Å². The fourth-order valence-corrected chi connectivity index (χ4v) is 9.71. The molecule has 208 valence electrons. The maximum Gasteiger partial charge on any atom is 0.408 e. The Morgan fingerprint density at radius 1 is 0.800 bits per heavy atom. The topological polar surface area (TPSA) is 67.8 Å². The SMILES string of the molecule is Cc1ccc(C(NC(=O)OCc2ccccc2)[C@H](O)CO[Si](c2ccccc2)(c2ccccc2)C(C)(C)C)cc1. The monoisotopic (exact) mass is 553 g/mol. The molecule has 0 heterocycles. The van der Waals surface area contributed by atoms with Gasteiger partial charge >= 0.3 is 6.09 Å². The third-order valence-corrected chi connectivity index (χ3v) is 12.2. The van der Waals surface area contributed by atoms with E-state index >= 15 is 0 Å². The zero-order chi connectivity index (χ0) is 28.6. The third kappa shape index (κ3) is 6.88. The zero-order valence-corrected chi connectivity index (χ0v) is 24.7. The summed E-state index contributed by atoms with van der Waals surface area (Å²) in [6.07, 6.45) is -1.62. The fourth-order valence-electron chi connectivity index (χ4n) is 5.14. The van der Waals surface area contributed by atoms with Crippen molar-refractivity contribution >= 4 is 24.8 Å². The van der Waals surface area contributed by atoms with Gasteiger partial charge in [-0.2, -0.15) is 0 Å². The second-order valence-electron chi connectivity index (χ2n) is 11.1. The molecule has 4 rings (SSSR count). The molecular weight excluding hydrogens is 514 g/mol. The van der Waals surface area contributed by atoms with Gasteiger partial charge in [-0.15, -0.1) is 0 Å². The first-order chi connectivity index (χ1) is 19.2. The molecule has 4 aromatic carbocycles. The lowest BCUT2D eigenvalue weighted by Gasteiger charge is -2.43. The van der Waals surface area contributed by atoms with E-state index in [1.165, 1.54) is 0 Å². The van der Waals surface area contributed by atoms with E-state index in [1.807, 2.05) is 97.9 Å². The fraction of sp³-hybridized carbons (Fsp3) is 0.265. The van der Waals surface area contributed by atoms with E-state index in [2.05, 4.69) is 50.4 Å². The molecular formula is C34H39NO4Si. The van der Waals surface area contributed by atoms with Crippen LogP contribution in [0, 0.1) is 6.92 Å². The molecule has 1 amide bonds. The second-order valence-corrected chi connectivity index (χ2v) is 15.4. The van der Waals surface area contributed by atoms with Crippen LogP contribution in [0.2, 0.25) is 5.04 Å². The Morgan fingerprint density at radius 2 is 1.30 bits per heavy atom. The standard InChI is InChI=1S/C34H39NO4Si/c1-26-20-22-28(23-21-26)32(35-33(37)38-24-27-14-8-5-9-15-27)31(36)25-39-40(34(2,3)4,29-16-10-6-11-17-29)30-18-12-7-13-19-30/h5-23,31-32,36H,24-25H2,1-4H3,(H,35,37)/t31-,32?/m1/s1. The molecule has 4 aromatic rings. The van der Waals surface area contributed by atoms with Crippen LogP contribution in [0.15, 0.2) is 115 Å². The van der Waals surface area contributed by atoms with E-state index < -0.39 is 26.6 Å². The van der Waals surface area contributed by atoms with Gasteiger partial charge in [0.05, 0.1) is 12.6 Å². The number of aliphatic hydroxyl groups is 1. The van der Waals surface area contributed by atoms with Gasteiger partial charge in [0.2, 0.25) is 0 Å². The first kappa shape index (κ1) is 29.3. The Hall–Kier alpha value is -3.71. The lowest BCUT2D eigenvalue weighted by Crippen LogP contribution is -2.67. The van der Waals surface area contributed by atoms with Crippen molar-refractivity contribution in [2.24, 2.45) is 0 Å². The van der Waals surface area contributed by atoms with Crippen molar-refractivity contribution in [3.05, 3.63) is 132 Å². The van der Waals surface area contributed by atoms with Gasteiger partial charge in [0, 0.05) is 0 Å². The smallest absolute Gasteiger partial charge is 0.408 e. The molecule has 0 bridgehead atoms. The highest BCUT2D eigenvalue weighted by molar-refractivity contribution is 6.99. The average molecular weight is 554 g/mol. The molecule has 0 spiro atoms. The minimum atomic E-state index is -2.87. The molecule has 5 nitrogen and oxygen atoms in total. The Kier molecular flexibility index (Phi) is 9.58. The molecule has 2 atom stereocenters. The Labute approximate surface area is 238 Å². The molecule has 2 N–H and O–H groups in total. The molecule has 0 fully saturated rings. The predicted octanol–water partition coefficient (Wildman–Crippen LogP) is 5.90. The summed E-state index contributed by atoms with van der Waals surface area (Å²) >= 11 is 0. The number of carbonyl (C=O) groups is 1. The molecule has 0 saturated heterocycles.